The van der Waals surface area contributed by atoms with E-state index in [0.717, 1.165) is 11.3 Å². The van der Waals surface area contributed by atoms with Crippen molar-refractivity contribution in [3.63, 3.8) is 0 Å². The zero-order valence-corrected chi connectivity index (χ0v) is 10.7. The van der Waals surface area contributed by atoms with Crippen molar-refractivity contribution in [3.8, 4) is 5.75 Å². The summed E-state index contributed by atoms with van der Waals surface area (Å²) in [6.45, 7) is 0. The summed E-state index contributed by atoms with van der Waals surface area (Å²) in [5.41, 5.74) is 0.761. The molecule has 0 spiro atoms. The Morgan fingerprint density at radius 2 is 2.33 bits per heavy atom. The van der Waals surface area contributed by atoms with Gasteiger partial charge in [0.1, 0.15) is 11.5 Å². The highest BCUT2D eigenvalue weighted by molar-refractivity contribution is 8.00. The first-order valence-corrected chi connectivity index (χ1v) is 6.69. The SMILES string of the molecule is COc1ccc([N+](=O)[O-])cc1CC1CSCC1=O. The Balaban J connectivity index is 2.26. The standard InChI is InChI=1S/C12H13NO4S/c1-17-12-3-2-10(13(15)16)5-8(12)4-9-6-18-7-11(9)14/h2-3,5,9H,4,6-7H2,1H3. The monoisotopic (exact) mass is 267 g/mol. The number of ether oxygens (including phenoxy) is 1. The molecule has 1 fully saturated rings. The van der Waals surface area contributed by atoms with Crippen LogP contribution in [0.1, 0.15) is 5.56 Å². The molecule has 0 N–H and O–H groups in total. The zero-order chi connectivity index (χ0) is 13.1. The van der Waals surface area contributed by atoms with Gasteiger partial charge in [0, 0.05) is 29.4 Å². The largest absolute Gasteiger partial charge is 0.496 e. The Morgan fingerprint density at radius 1 is 1.56 bits per heavy atom. The van der Waals surface area contributed by atoms with Gasteiger partial charge >= 0.3 is 0 Å². The van der Waals surface area contributed by atoms with Crippen molar-refractivity contribution in [1.29, 1.82) is 0 Å². The average molecular weight is 267 g/mol. The van der Waals surface area contributed by atoms with Crippen molar-refractivity contribution in [3.05, 3.63) is 33.9 Å². The van der Waals surface area contributed by atoms with E-state index in [4.69, 9.17) is 4.74 Å². The van der Waals surface area contributed by atoms with Crippen LogP contribution in [0.15, 0.2) is 18.2 Å². The number of non-ortho nitro benzene ring substituents is 1. The van der Waals surface area contributed by atoms with Crippen LogP contribution in [0.25, 0.3) is 0 Å². The molecule has 5 nitrogen and oxygen atoms in total. The van der Waals surface area contributed by atoms with E-state index in [1.165, 1.54) is 19.2 Å². The predicted molar refractivity (Wildman–Crippen MR) is 69.2 cm³/mol. The lowest BCUT2D eigenvalue weighted by Crippen LogP contribution is -2.14. The number of carbonyl (C=O) groups excluding carboxylic acids is 1. The molecule has 1 saturated heterocycles. The third-order valence-electron chi connectivity index (χ3n) is 2.96. The van der Waals surface area contributed by atoms with E-state index < -0.39 is 4.92 Å². The minimum absolute atomic E-state index is 0.0314. The number of benzene rings is 1. The summed E-state index contributed by atoms with van der Waals surface area (Å²) in [4.78, 5) is 21.9. The third-order valence-corrected chi connectivity index (χ3v) is 4.09. The summed E-state index contributed by atoms with van der Waals surface area (Å²) in [5, 5.41) is 10.7. The molecule has 0 aliphatic carbocycles. The second-order valence-corrected chi connectivity index (χ2v) is 5.17. The van der Waals surface area contributed by atoms with E-state index in [1.54, 1.807) is 17.8 Å². The Bertz CT molecular complexity index is 489. The highest BCUT2D eigenvalue weighted by Crippen LogP contribution is 2.30. The zero-order valence-electron chi connectivity index (χ0n) is 9.92. The van der Waals surface area contributed by atoms with Gasteiger partial charge in [-0.2, -0.15) is 11.8 Å². The number of carbonyl (C=O) groups is 1. The smallest absolute Gasteiger partial charge is 0.269 e. The van der Waals surface area contributed by atoms with E-state index in [1.807, 2.05) is 0 Å². The van der Waals surface area contributed by atoms with E-state index in [0.29, 0.717) is 17.9 Å². The van der Waals surface area contributed by atoms with Crippen molar-refractivity contribution in [2.24, 2.45) is 5.92 Å². The molecule has 1 aromatic rings. The van der Waals surface area contributed by atoms with Crippen molar-refractivity contribution in [1.82, 2.24) is 0 Å². The van der Waals surface area contributed by atoms with Crippen LogP contribution < -0.4 is 4.74 Å². The van der Waals surface area contributed by atoms with Gasteiger partial charge < -0.3 is 4.74 Å². The fourth-order valence-electron chi connectivity index (χ4n) is 1.99. The topological polar surface area (TPSA) is 69.4 Å². The first kappa shape index (κ1) is 12.9. The molecule has 2 rings (SSSR count). The number of thioether (sulfide) groups is 1. The van der Waals surface area contributed by atoms with Crippen molar-refractivity contribution < 1.29 is 14.5 Å². The number of Topliss-reactive ketones (excluding diaryl/α,β-unsaturated/α-hetero) is 1. The number of rotatable bonds is 4. The summed E-state index contributed by atoms with van der Waals surface area (Å²) in [6.07, 6.45) is 0.511. The highest BCUT2D eigenvalue weighted by Gasteiger charge is 2.26. The van der Waals surface area contributed by atoms with Gasteiger partial charge in [-0.25, -0.2) is 0 Å². The molecular formula is C12H13NO4S. The van der Waals surface area contributed by atoms with Gasteiger partial charge in [-0.15, -0.1) is 0 Å². The molecule has 1 atom stereocenters. The first-order valence-electron chi connectivity index (χ1n) is 5.53. The van der Waals surface area contributed by atoms with E-state index in [9.17, 15) is 14.9 Å². The van der Waals surface area contributed by atoms with Crippen LogP contribution in [0.5, 0.6) is 5.75 Å². The van der Waals surface area contributed by atoms with Gasteiger partial charge in [-0.3, -0.25) is 14.9 Å². The Hall–Kier alpha value is -1.56. The molecule has 0 amide bonds. The minimum Gasteiger partial charge on any atom is -0.496 e. The first-order chi connectivity index (χ1) is 8.61. The van der Waals surface area contributed by atoms with Gasteiger partial charge in [0.15, 0.2) is 0 Å². The number of ketones is 1. The molecule has 18 heavy (non-hydrogen) atoms. The maximum Gasteiger partial charge on any atom is 0.269 e. The van der Waals surface area contributed by atoms with Crippen LogP contribution in [0, 0.1) is 16.0 Å². The van der Waals surface area contributed by atoms with Gasteiger partial charge in [-0.1, -0.05) is 0 Å². The summed E-state index contributed by atoms with van der Waals surface area (Å²) >= 11 is 1.61. The minimum atomic E-state index is -0.436. The van der Waals surface area contributed by atoms with E-state index in [-0.39, 0.29) is 17.4 Å². The molecule has 1 aliphatic heterocycles. The lowest BCUT2D eigenvalue weighted by Gasteiger charge is -2.11. The molecular weight excluding hydrogens is 254 g/mol. The second kappa shape index (κ2) is 5.39. The fraction of sp³-hybridized carbons (Fsp3) is 0.417. The molecule has 6 heteroatoms. The average Bonchev–Trinajstić information content (AvgIpc) is 2.75. The van der Waals surface area contributed by atoms with Crippen LogP contribution >= 0.6 is 11.8 Å². The van der Waals surface area contributed by atoms with Crippen molar-refractivity contribution in [2.45, 2.75) is 6.42 Å². The Morgan fingerprint density at radius 3 is 2.89 bits per heavy atom. The number of hydrogen-bond acceptors (Lipinski definition) is 5. The Kier molecular flexibility index (Phi) is 3.86. The fourth-order valence-corrected chi connectivity index (χ4v) is 3.13. The molecule has 96 valence electrons. The van der Waals surface area contributed by atoms with Gasteiger partial charge in [0.2, 0.25) is 0 Å². The quantitative estimate of drug-likeness (QED) is 0.617. The summed E-state index contributed by atoms with van der Waals surface area (Å²) in [6, 6.07) is 4.49. The summed E-state index contributed by atoms with van der Waals surface area (Å²) in [5.74, 6) is 2.09. The van der Waals surface area contributed by atoms with Gasteiger partial charge in [0.25, 0.3) is 5.69 Å². The maximum atomic E-state index is 11.6. The van der Waals surface area contributed by atoms with Crippen molar-refractivity contribution >= 4 is 23.2 Å². The molecule has 1 aliphatic rings. The molecule has 0 radical (unpaired) electrons. The molecule has 1 heterocycles. The van der Waals surface area contributed by atoms with Gasteiger partial charge in [-0.05, 0) is 12.5 Å². The maximum absolute atomic E-state index is 11.6. The molecule has 0 bridgehead atoms. The molecule has 1 aromatic carbocycles. The number of nitro groups is 1. The lowest BCUT2D eigenvalue weighted by molar-refractivity contribution is -0.384. The number of nitrogens with zero attached hydrogens (tertiary/aromatic N) is 1. The molecule has 0 saturated carbocycles. The van der Waals surface area contributed by atoms with Crippen LogP contribution in [0.2, 0.25) is 0 Å². The van der Waals surface area contributed by atoms with Crippen LogP contribution in [0.3, 0.4) is 0 Å². The number of nitro benzene ring substituents is 1. The van der Waals surface area contributed by atoms with E-state index >= 15 is 0 Å². The molecule has 0 aromatic heterocycles. The summed E-state index contributed by atoms with van der Waals surface area (Å²) in [7, 11) is 1.52. The van der Waals surface area contributed by atoms with Crippen LogP contribution in [-0.2, 0) is 11.2 Å². The predicted octanol–water partition coefficient (Wildman–Crippen LogP) is 2.08. The van der Waals surface area contributed by atoms with Crippen molar-refractivity contribution in [2.75, 3.05) is 18.6 Å². The lowest BCUT2D eigenvalue weighted by atomic mass is 9.97. The normalized spacial score (nSPS) is 18.9. The van der Waals surface area contributed by atoms with E-state index in [2.05, 4.69) is 0 Å². The second-order valence-electron chi connectivity index (χ2n) is 4.14. The van der Waals surface area contributed by atoms with Crippen LogP contribution in [0.4, 0.5) is 5.69 Å². The summed E-state index contributed by atoms with van der Waals surface area (Å²) < 4.78 is 5.18. The highest BCUT2D eigenvalue weighted by atomic mass is 32.2. The Labute approximate surface area is 109 Å². The third kappa shape index (κ3) is 2.64. The van der Waals surface area contributed by atoms with Gasteiger partial charge in [0.05, 0.1) is 17.8 Å². The molecule has 1 unspecified atom stereocenters. The van der Waals surface area contributed by atoms with Crippen LogP contribution in [-0.4, -0.2) is 29.3 Å². The number of methoxy groups -OCH3 is 1. The number of hydrogen-bond donors (Lipinski definition) is 0.